The van der Waals surface area contributed by atoms with Crippen LogP contribution in [-0.2, 0) is 25.5 Å². The Morgan fingerprint density at radius 3 is 2.10 bits per heavy atom. The van der Waals surface area contributed by atoms with Crippen molar-refractivity contribution in [1.82, 2.24) is 0 Å². The molecule has 5 heteroatoms. The van der Waals surface area contributed by atoms with Crippen LogP contribution in [0, 0.1) is 0 Å². The summed E-state index contributed by atoms with van der Waals surface area (Å²) in [6.45, 7) is -0.242. The number of hydrogen-bond acceptors (Lipinski definition) is 4. The van der Waals surface area contributed by atoms with Gasteiger partial charge in [-0.05, 0) is 0 Å². The zero-order chi connectivity index (χ0) is 13.3. The van der Waals surface area contributed by atoms with Gasteiger partial charge in [0, 0.05) is 0 Å². The van der Waals surface area contributed by atoms with Crippen LogP contribution >= 0.6 is 0 Å². The van der Waals surface area contributed by atoms with Crippen LogP contribution in [0.2, 0.25) is 42.8 Å². The van der Waals surface area contributed by atoms with Gasteiger partial charge in [0.25, 0.3) is 0 Å². The van der Waals surface area contributed by atoms with Gasteiger partial charge < -0.3 is 0 Å². The summed E-state index contributed by atoms with van der Waals surface area (Å²) in [5, 5.41) is 0. The molecule has 11 fully saturated rings. The van der Waals surface area contributed by atoms with Crippen LogP contribution < -0.4 is 0 Å². The molecule has 0 aromatic rings. The predicted molar refractivity (Wildman–Crippen MR) is 67.5 cm³/mol. The SMILES string of the molecule is CC(=O)O[C]12[CH]3[CH]4[CH]5[CH]1[Fe]45321678[CH]2[CH]1[CH]6[C]7(C1OCCCO1)[CH]28. The van der Waals surface area contributed by atoms with Crippen molar-refractivity contribution in [3.8, 4) is 0 Å². The normalized spacial score (nSPS) is 107. The van der Waals surface area contributed by atoms with Crippen molar-refractivity contribution in [3.63, 3.8) is 0 Å². The molecule has 0 aliphatic carbocycles. The van der Waals surface area contributed by atoms with Crippen LogP contribution in [0.4, 0.5) is 0 Å². The van der Waals surface area contributed by atoms with Gasteiger partial charge in [0.05, 0.1) is 0 Å². The third-order valence-corrected chi connectivity index (χ3v) is 58.8. The monoisotopic (exact) mass is 330 g/mol. The number of esters is 1. The summed E-state index contributed by atoms with van der Waals surface area (Å²) < 4.78 is 19.4. The Morgan fingerprint density at radius 2 is 1.62 bits per heavy atom. The average Bonchev–Trinajstić information content (AvgIpc) is 3.42. The second-order valence-corrected chi connectivity index (χ2v) is 35.0. The van der Waals surface area contributed by atoms with Gasteiger partial charge in [0.2, 0.25) is 0 Å². The number of ether oxygens (including phenoxy) is 3. The van der Waals surface area contributed by atoms with Gasteiger partial charge in [-0.15, -0.1) is 0 Å². The third-order valence-electron chi connectivity index (χ3n) is 16.3. The first-order valence-electron chi connectivity index (χ1n) is 8.59. The van der Waals surface area contributed by atoms with Crippen molar-refractivity contribution >= 4 is 5.97 Å². The Labute approximate surface area is 112 Å². The Morgan fingerprint density at radius 1 is 1.05 bits per heavy atom. The first-order chi connectivity index (χ1) is 9.95. The number of rotatable bonds is 2. The number of carbonyl (C=O) groups is 1. The van der Waals surface area contributed by atoms with Crippen molar-refractivity contribution in [2.24, 2.45) is 0 Å². The molecule has 0 aromatic carbocycles. The standard InChI is InChI=1S/C9H11O2.C7H7O2.Fe/c1-2-5-8(4-1)9-10-6-3-7-11-9;1-6(8)9-7-4-2-3-5-7;/h1-2,4-5,9H,3,6-7H2;2-5H,1H3;. The second-order valence-electron chi connectivity index (χ2n) is 11.8. The molecular weight excluding hydrogens is 312 g/mol. The summed E-state index contributed by atoms with van der Waals surface area (Å²) in [4.78, 5) is 20.1. The van der Waals surface area contributed by atoms with Crippen molar-refractivity contribution in [2.45, 2.75) is 67.0 Å². The van der Waals surface area contributed by atoms with Crippen molar-refractivity contribution in [1.29, 1.82) is 0 Å². The molecule has 11 aliphatic heterocycles. The molecule has 21 heavy (non-hydrogen) atoms. The van der Waals surface area contributed by atoms with E-state index >= 15 is 0 Å². The van der Waals surface area contributed by atoms with E-state index < -0.39 is 6.51 Å². The van der Waals surface area contributed by atoms with Crippen molar-refractivity contribution in [3.05, 3.63) is 0 Å². The van der Waals surface area contributed by atoms with Gasteiger partial charge in [-0.3, -0.25) is 0 Å². The first kappa shape index (κ1) is 8.68. The average molecular weight is 330 g/mol. The van der Waals surface area contributed by atoms with E-state index in [1.165, 1.54) is 0 Å². The van der Waals surface area contributed by atoms with Crippen LogP contribution in [-0.4, -0.2) is 30.0 Å². The summed E-state index contributed by atoms with van der Waals surface area (Å²) in [6.07, 6.45) is 1.17. The van der Waals surface area contributed by atoms with E-state index in [1.807, 2.05) is 0 Å². The number of fused-ring (bicyclic) bond motifs is 10. The molecule has 11 heterocycles. The summed E-state index contributed by atoms with van der Waals surface area (Å²) >= 11 is 0. The summed E-state index contributed by atoms with van der Waals surface area (Å²) in [5.74, 6) is 0.00341. The van der Waals surface area contributed by atoms with Crippen LogP contribution in [0.25, 0.3) is 0 Å². The van der Waals surface area contributed by atoms with Crippen molar-refractivity contribution < 1.29 is 25.5 Å². The van der Waals surface area contributed by atoms with Crippen LogP contribution in [0.3, 0.4) is 0 Å². The molecule has 11 rings (SSSR count). The fourth-order valence-corrected chi connectivity index (χ4v) is 92.9. The summed E-state index contributed by atoms with van der Waals surface area (Å²) in [6, 6.07) is 0. The molecule has 1 spiro atoms. The fourth-order valence-electron chi connectivity index (χ4n) is 18.4. The molecule has 0 bridgehead atoms. The molecule has 4 nitrogen and oxygen atoms in total. The van der Waals surface area contributed by atoms with E-state index in [4.69, 9.17) is 14.2 Å². The van der Waals surface area contributed by atoms with E-state index in [9.17, 15) is 4.79 Å². The Bertz CT molecular complexity index is 1140. The van der Waals surface area contributed by atoms with E-state index in [0.29, 0.717) is 4.31 Å². The van der Waals surface area contributed by atoms with Gasteiger partial charge in [0.1, 0.15) is 0 Å². The molecular formula is C16H18FeO4. The fraction of sp³-hybridized carbons (Fsp3) is 0.938. The second kappa shape index (κ2) is 0.825. The van der Waals surface area contributed by atoms with E-state index in [-0.39, 0.29) is 16.8 Å². The summed E-state index contributed by atoms with van der Waals surface area (Å²) in [5.41, 5.74) is 0. The molecule has 8 unspecified atom stereocenters. The Hall–Kier alpha value is -0.0905. The zero-order valence-corrected chi connectivity index (χ0v) is 12.9. The molecule has 0 radical (unpaired) electrons. The minimum absolute atomic E-state index is 0.00341. The maximum absolute atomic E-state index is 11.9. The van der Waals surface area contributed by atoms with E-state index in [2.05, 4.69) is 0 Å². The minimum atomic E-state index is -3.66. The molecule has 8 atom stereocenters. The van der Waals surface area contributed by atoms with Gasteiger partial charge >= 0.3 is 112 Å². The first-order valence-corrected chi connectivity index (χ1v) is 14.8. The van der Waals surface area contributed by atoms with Crippen LogP contribution in [0.5, 0.6) is 0 Å². The Balaban J connectivity index is 1.37. The van der Waals surface area contributed by atoms with Gasteiger partial charge in [-0.25, -0.2) is 0 Å². The van der Waals surface area contributed by atoms with E-state index in [0.717, 1.165) is 58.2 Å². The van der Waals surface area contributed by atoms with Crippen LogP contribution in [0.1, 0.15) is 13.3 Å². The van der Waals surface area contributed by atoms with Crippen molar-refractivity contribution in [2.75, 3.05) is 13.2 Å². The maximum atomic E-state index is 11.9. The zero-order valence-electron chi connectivity index (χ0n) is 11.8. The van der Waals surface area contributed by atoms with E-state index in [1.54, 1.807) is 6.92 Å². The Kier molecular flexibility index (Phi) is 0.341. The molecule has 0 aromatic heterocycles. The number of carbonyl (C=O) groups excluding carboxylic acids is 1. The molecule has 0 N–H and O–H groups in total. The quantitative estimate of drug-likeness (QED) is 0.577. The summed E-state index contributed by atoms with van der Waals surface area (Å²) in [7, 11) is 0. The molecule has 114 valence electrons. The third kappa shape index (κ3) is 0.106. The van der Waals surface area contributed by atoms with Gasteiger partial charge in [-0.2, -0.15) is 0 Å². The topological polar surface area (TPSA) is 44.8 Å². The number of hydrogen-bond donors (Lipinski definition) is 0. The molecule has 11 aliphatic rings. The molecule has 0 amide bonds. The van der Waals surface area contributed by atoms with Gasteiger partial charge in [0.15, 0.2) is 0 Å². The molecule has 11 saturated heterocycles. The predicted octanol–water partition coefficient (Wildman–Crippen LogP) is 2.98. The molecule has 0 saturated carbocycles. The van der Waals surface area contributed by atoms with Gasteiger partial charge in [-0.1, -0.05) is 0 Å². The van der Waals surface area contributed by atoms with Crippen LogP contribution in [0.15, 0.2) is 0 Å².